The van der Waals surface area contributed by atoms with Crippen molar-refractivity contribution in [1.29, 1.82) is 0 Å². The molecule has 3 N–H and O–H groups in total. The van der Waals surface area contributed by atoms with Crippen molar-refractivity contribution in [2.45, 2.75) is 25.2 Å². The Balaban J connectivity index is 2.83. The predicted molar refractivity (Wildman–Crippen MR) is 68.3 cm³/mol. The monoisotopic (exact) mass is 358 g/mol. The first kappa shape index (κ1) is 13.6. The van der Waals surface area contributed by atoms with E-state index in [1.807, 2.05) is 22.6 Å². The van der Waals surface area contributed by atoms with Gasteiger partial charge in [0.2, 0.25) is 5.91 Å². The van der Waals surface area contributed by atoms with E-state index < -0.39 is 24.1 Å². The van der Waals surface area contributed by atoms with Gasteiger partial charge < -0.3 is 15.6 Å². The summed E-state index contributed by atoms with van der Waals surface area (Å²) in [6, 6.07) is -0.962. The number of carboxylic acids is 1. The number of alkyl halides is 1. The molecule has 90 valence electrons. The normalized spacial score (nSPS) is 25.9. The molecule has 1 saturated heterocycles. The number of carbonyl (C=O) groups excluding carboxylic acids is 1. The van der Waals surface area contributed by atoms with Crippen LogP contribution in [0.25, 0.3) is 0 Å². The van der Waals surface area contributed by atoms with E-state index in [-0.39, 0.29) is 11.1 Å². The molecule has 1 heterocycles. The Bertz CT molecular complexity index is 338. The van der Waals surface area contributed by atoms with Crippen LogP contribution in [0.3, 0.4) is 0 Å². The van der Waals surface area contributed by atoms with Gasteiger partial charge in [-0.2, -0.15) is 0 Å². The fourth-order valence-corrected chi connectivity index (χ4v) is 2.50. The van der Waals surface area contributed by atoms with Gasteiger partial charge in [-0.1, -0.05) is 22.6 Å². The summed E-state index contributed by atoms with van der Waals surface area (Å²) in [7, 11) is 0. The average Bonchev–Trinajstić information content (AvgIpc) is 2.21. The quantitative estimate of drug-likeness (QED) is 0.311. The van der Waals surface area contributed by atoms with E-state index in [4.69, 9.17) is 15.6 Å². The molecule has 6 nitrogen and oxygen atoms in total. The fourth-order valence-electron chi connectivity index (χ4n) is 1.43. The van der Waals surface area contributed by atoms with Gasteiger partial charge in [0.25, 0.3) is 6.23 Å². The SMILES string of the molecule is CC(=S)OC(C(=O)O)N1C(=O)[C@H](N)[C@@H]1CI. The molecule has 0 aliphatic carbocycles. The number of carbonyl (C=O) groups is 2. The molecule has 0 aromatic rings. The van der Waals surface area contributed by atoms with Crippen molar-refractivity contribution in [2.24, 2.45) is 5.73 Å². The molecule has 0 radical (unpaired) electrons. The molecular weight excluding hydrogens is 347 g/mol. The molecule has 0 aromatic carbocycles. The Morgan fingerprint density at radius 3 is 2.75 bits per heavy atom. The number of likely N-dealkylation sites (tertiary alicyclic amines) is 1. The highest BCUT2D eigenvalue weighted by Crippen LogP contribution is 2.24. The number of hydrogen-bond acceptors (Lipinski definition) is 5. The second-order valence-electron chi connectivity index (χ2n) is 3.29. The van der Waals surface area contributed by atoms with Crippen molar-refractivity contribution in [3.05, 3.63) is 0 Å². The second kappa shape index (κ2) is 5.23. The van der Waals surface area contributed by atoms with E-state index in [0.29, 0.717) is 4.43 Å². The Morgan fingerprint density at radius 1 is 1.81 bits per heavy atom. The molecule has 0 saturated carbocycles. The standard InChI is InChI=1S/C8H11IN2O4S/c1-3(16)15-7(8(13)14)11-4(2-9)5(10)6(11)12/h4-5,7H,2,10H2,1H3,(H,13,14)/t4-,5+,7?/m0/s1. The maximum absolute atomic E-state index is 11.5. The van der Waals surface area contributed by atoms with Crippen molar-refractivity contribution in [1.82, 2.24) is 4.90 Å². The van der Waals surface area contributed by atoms with E-state index in [1.54, 1.807) is 0 Å². The van der Waals surface area contributed by atoms with Crippen molar-refractivity contribution in [2.75, 3.05) is 4.43 Å². The minimum absolute atomic E-state index is 0.0767. The third-order valence-corrected chi connectivity index (χ3v) is 3.21. The van der Waals surface area contributed by atoms with Crippen LogP contribution in [0.15, 0.2) is 0 Å². The average molecular weight is 358 g/mol. The lowest BCUT2D eigenvalue weighted by Gasteiger charge is -2.46. The maximum Gasteiger partial charge on any atom is 0.366 e. The predicted octanol–water partition coefficient (Wildman–Crippen LogP) is -0.266. The number of amides is 1. The maximum atomic E-state index is 11.5. The van der Waals surface area contributed by atoms with E-state index in [0.717, 1.165) is 4.90 Å². The molecular formula is C8H11IN2O4S. The van der Waals surface area contributed by atoms with Gasteiger partial charge in [0, 0.05) is 11.4 Å². The zero-order valence-electron chi connectivity index (χ0n) is 8.42. The minimum Gasteiger partial charge on any atom is -0.477 e. The smallest absolute Gasteiger partial charge is 0.366 e. The Hall–Kier alpha value is -0.480. The molecule has 16 heavy (non-hydrogen) atoms. The summed E-state index contributed by atoms with van der Waals surface area (Å²) in [4.78, 5) is 23.6. The van der Waals surface area contributed by atoms with Gasteiger partial charge >= 0.3 is 5.97 Å². The number of nitrogens with two attached hydrogens (primary N) is 1. The number of thiocarbonyl (C=S) groups is 1. The highest BCUT2D eigenvalue weighted by molar-refractivity contribution is 14.1. The van der Waals surface area contributed by atoms with Crippen LogP contribution < -0.4 is 5.73 Å². The zero-order valence-corrected chi connectivity index (χ0v) is 11.4. The molecule has 1 amide bonds. The van der Waals surface area contributed by atoms with E-state index in [1.165, 1.54) is 6.92 Å². The highest BCUT2D eigenvalue weighted by Gasteiger charge is 2.51. The molecule has 1 rings (SSSR count). The van der Waals surface area contributed by atoms with Crippen LogP contribution in [0.2, 0.25) is 0 Å². The summed E-state index contributed by atoms with van der Waals surface area (Å²) >= 11 is 6.71. The molecule has 1 unspecified atom stereocenters. The van der Waals surface area contributed by atoms with Crippen molar-refractivity contribution >= 4 is 51.7 Å². The van der Waals surface area contributed by atoms with Crippen LogP contribution in [0.4, 0.5) is 0 Å². The topological polar surface area (TPSA) is 92.9 Å². The van der Waals surface area contributed by atoms with Crippen molar-refractivity contribution < 1.29 is 19.4 Å². The molecule has 0 bridgehead atoms. The largest absolute Gasteiger partial charge is 0.477 e. The summed E-state index contributed by atoms with van der Waals surface area (Å²) in [5, 5.41) is 9.03. The van der Waals surface area contributed by atoms with Gasteiger partial charge in [-0.15, -0.1) is 0 Å². The Labute approximate surface area is 111 Å². The van der Waals surface area contributed by atoms with Gasteiger partial charge in [-0.05, 0) is 12.2 Å². The van der Waals surface area contributed by atoms with Crippen LogP contribution in [-0.4, -0.2) is 49.7 Å². The summed E-state index contributed by atoms with van der Waals surface area (Å²) in [6.07, 6.45) is -1.37. The highest BCUT2D eigenvalue weighted by atomic mass is 127. The van der Waals surface area contributed by atoms with Gasteiger partial charge in [0.05, 0.1) is 6.04 Å². The lowest BCUT2D eigenvalue weighted by Crippen LogP contribution is -2.73. The van der Waals surface area contributed by atoms with Crippen LogP contribution >= 0.6 is 34.8 Å². The molecule has 1 aliphatic heterocycles. The van der Waals surface area contributed by atoms with E-state index >= 15 is 0 Å². The summed E-state index contributed by atoms with van der Waals surface area (Å²) < 4.78 is 5.49. The number of halogens is 1. The Kier molecular flexibility index (Phi) is 4.44. The molecule has 0 spiro atoms. The van der Waals surface area contributed by atoms with E-state index in [2.05, 4.69) is 12.2 Å². The van der Waals surface area contributed by atoms with Crippen molar-refractivity contribution in [3.63, 3.8) is 0 Å². The lowest BCUT2D eigenvalue weighted by atomic mass is 9.97. The van der Waals surface area contributed by atoms with Gasteiger partial charge in [0.15, 0.2) is 5.05 Å². The third-order valence-electron chi connectivity index (χ3n) is 2.21. The van der Waals surface area contributed by atoms with E-state index in [9.17, 15) is 9.59 Å². The summed E-state index contributed by atoms with van der Waals surface area (Å²) in [6.45, 7) is 1.45. The fraction of sp³-hybridized carbons (Fsp3) is 0.625. The Morgan fingerprint density at radius 2 is 2.38 bits per heavy atom. The van der Waals surface area contributed by atoms with Gasteiger partial charge in [-0.3, -0.25) is 9.69 Å². The number of β-lactam (4-membered cyclic amide) rings is 1. The molecule has 1 fully saturated rings. The third kappa shape index (κ3) is 2.43. The van der Waals surface area contributed by atoms with Crippen molar-refractivity contribution in [3.8, 4) is 0 Å². The van der Waals surface area contributed by atoms with Crippen LogP contribution in [0.1, 0.15) is 6.92 Å². The molecule has 1 aliphatic rings. The lowest BCUT2D eigenvalue weighted by molar-refractivity contribution is -0.178. The minimum atomic E-state index is -1.37. The number of rotatable bonds is 4. The van der Waals surface area contributed by atoms with Gasteiger partial charge in [0.1, 0.15) is 6.04 Å². The first-order valence-corrected chi connectivity index (χ1v) is 6.37. The van der Waals surface area contributed by atoms with Crippen LogP contribution in [-0.2, 0) is 14.3 Å². The number of nitrogens with zero attached hydrogens (tertiary/aromatic N) is 1. The molecule has 3 atom stereocenters. The number of carboxylic acid groups (broad SMARTS) is 1. The first-order valence-electron chi connectivity index (χ1n) is 4.44. The number of ether oxygens (including phenoxy) is 1. The summed E-state index contributed by atoms with van der Waals surface area (Å²) in [5.41, 5.74) is 5.56. The van der Waals surface area contributed by atoms with Gasteiger partial charge in [-0.25, -0.2) is 4.79 Å². The number of hydrogen-bond donors (Lipinski definition) is 2. The molecule has 8 heteroatoms. The summed E-state index contributed by atoms with van der Waals surface area (Å²) in [5.74, 6) is -1.68. The first-order chi connectivity index (χ1) is 7.40. The van der Waals surface area contributed by atoms with Crippen LogP contribution in [0.5, 0.6) is 0 Å². The molecule has 0 aromatic heterocycles. The number of aliphatic carboxylic acids is 1. The zero-order chi connectivity index (χ0) is 12.5. The van der Waals surface area contributed by atoms with Crippen LogP contribution in [0, 0.1) is 0 Å². The second-order valence-corrected chi connectivity index (χ2v) is 4.75.